The van der Waals surface area contributed by atoms with E-state index in [0.717, 1.165) is 16.7 Å². The quantitative estimate of drug-likeness (QED) is 0.723. The molecule has 0 saturated carbocycles. The summed E-state index contributed by atoms with van der Waals surface area (Å²) in [6, 6.07) is 9.22. The predicted molar refractivity (Wildman–Crippen MR) is 64.2 cm³/mol. The Morgan fingerprint density at radius 3 is 2.38 bits per heavy atom. The molecule has 4 heteroatoms. The van der Waals surface area contributed by atoms with Gasteiger partial charge in [0.05, 0.1) is 0 Å². The van der Waals surface area contributed by atoms with Crippen molar-refractivity contribution in [2.45, 2.75) is 6.92 Å². The maximum Gasteiger partial charge on any atom is 0.489 e. The van der Waals surface area contributed by atoms with Gasteiger partial charge in [-0.05, 0) is 35.6 Å². The lowest BCUT2D eigenvalue weighted by atomic mass is 9.75. The van der Waals surface area contributed by atoms with Gasteiger partial charge in [0, 0.05) is 12.4 Å². The minimum absolute atomic E-state index is 0.511. The molecule has 0 radical (unpaired) electrons. The maximum atomic E-state index is 9.30. The first-order valence-electron chi connectivity index (χ1n) is 5.05. The molecule has 1 heterocycles. The number of benzene rings is 1. The highest BCUT2D eigenvalue weighted by Crippen LogP contribution is 2.17. The van der Waals surface area contributed by atoms with Gasteiger partial charge in [-0.2, -0.15) is 0 Å². The number of pyridine rings is 1. The molecular formula is C12H12BNO2. The average Bonchev–Trinajstić information content (AvgIpc) is 2.29. The standard InChI is InChI=1S/C12H12BNO2/c1-9-2-3-12(13(15)16)11(8-9)10-4-6-14-7-5-10/h2-8,15-16H,1H3. The van der Waals surface area contributed by atoms with E-state index < -0.39 is 7.12 Å². The van der Waals surface area contributed by atoms with Gasteiger partial charge in [0.25, 0.3) is 0 Å². The van der Waals surface area contributed by atoms with Crippen LogP contribution in [0, 0.1) is 6.92 Å². The summed E-state index contributed by atoms with van der Waals surface area (Å²) in [6.07, 6.45) is 3.37. The van der Waals surface area contributed by atoms with Crippen molar-refractivity contribution in [2.24, 2.45) is 0 Å². The Hall–Kier alpha value is -1.65. The van der Waals surface area contributed by atoms with Gasteiger partial charge >= 0.3 is 7.12 Å². The topological polar surface area (TPSA) is 53.4 Å². The molecule has 2 aromatic rings. The predicted octanol–water partition coefficient (Wildman–Crippen LogP) is 0.737. The number of nitrogens with zero attached hydrogens (tertiary/aromatic N) is 1. The largest absolute Gasteiger partial charge is 0.489 e. The lowest BCUT2D eigenvalue weighted by Gasteiger charge is -2.09. The van der Waals surface area contributed by atoms with Gasteiger partial charge in [-0.25, -0.2) is 0 Å². The van der Waals surface area contributed by atoms with Crippen LogP contribution in [-0.2, 0) is 0 Å². The zero-order valence-electron chi connectivity index (χ0n) is 8.96. The van der Waals surface area contributed by atoms with E-state index in [2.05, 4.69) is 4.98 Å². The third-order valence-corrected chi connectivity index (χ3v) is 2.48. The van der Waals surface area contributed by atoms with Crippen molar-refractivity contribution >= 4 is 12.6 Å². The van der Waals surface area contributed by atoms with Crippen molar-refractivity contribution in [3.05, 3.63) is 48.3 Å². The van der Waals surface area contributed by atoms with E-state index in [9.17, 15) is 10.0 Å². The minimum atomic E-state index is -1.45. The average molecular weight is 213 g/mol. The summed E-state index contributed by atoms with van der Waals surface area (Å²) in [5.74, 6) is 0. The molecule has 80 valence electrons. The van der Waals surface area contributed by atoms with Crippen LogP contribution in [0.2, 0.25) is 0 Å². The van der Waals surface area contributed by atoms with Crippen LogP contribution >= 0.6 is 0 Å². The molecule has 2 N–H and O–H groups in total. The summed E-state index contributed by atoms with van der Waals surface area (Å²) in [4.78, 5) is 3.94. The highest BCUT2D eigenvalue weighted by Gasteiger charge is 2.16. The Bertz CT molecular complexity index is 486. The van der Waals surface area contributed by atoms with Crippen molar-refractivity contribution in [1.29, 1.82) is 0 Å². The lowest BCUT2D eigenvalue weighted by molar-refractivity contribution is 0.426. The van der Waals surface area contributed by atoms with Crippen LogP contribution in [0.5, 0.6) is 0 Å². The molecule has 0 aliphatic rings. The highest BCUT2D eigenvalue weighted by molar-refractivity contribution is 6.60. The third-order valence-electron chi connectivity index (χ3n) is 2.48. The monoisotopic (exact) mass is 213 g/mol. The Morgan fingerprint density at radius 1 is 1.06 bits per heavy atom. The SMILES string of the molecule is Cc1ccc(B(O)O)c(-c2ccncc2)c1. The van der Waals surface area contributed by atoms with Crippen LogP contribution in [0.3, 0.4) is 0 Å². The smallest absolute Gasteiger partial charge is 0.423 e. The molecule has 1 aromatic heterocycles. The molecule has 0 bridgehead atoms. The van der Waals surface area contributed by atoms with E-state index in [4.69, 9.17) is 0 Å². The zero-order valence-corrected chi connectivity index (χ0v) is 8.96. The van der Waals surface area contributed by atoms with Crippen LogP contribution in [0.15, 0.2) is 42.7 Å². The maximum absolute atomic E-state index is 9.30. The van der Waals surface area contributed by atoms with Crippen molar-refractivity contribution in [3.8, 4) is 11.1 Å². The summed E-state index contributed by atoms with van der Waals surface area (Å²) in [5.41, 5.74) is 3.35. The van der Waals surface area contributed by atoms with Crippen molar-refractivity contribution in [3.63, 3.8) is 0 Å². The molecule has 0 unspecified atom stereocenters. The van der Waals surface area contributed by atoms with Crippen LogP contribution in [-0.4, -0.2) is 22.2 Å². The molecule has 0 aliphatic heterocycles. The Kier molecular flexibility index (Phi) is 3.03. The molecule has 1 aromatic carbocycles. The number of hydrogen-bond donors (Lipinski definition) is 2. The fourth-order valence-corrected chi connectivity index (χ4v) is 1.68. The van der Waals surface area contributed by atoms with Gasteiger partial charge < -0.3 is 10.0 Å². The van der Waals surface area contributed by atoms with Crippen LogP contribution in [0.4, 0.5) is 0 Å². The Morgan fingerprint density at radius 2 is 1.75 bits per heavy atom. The van der Waals surface area contributed by atoms with Crippen LogP contribution < -0.4 is 5.46 Å². The molecular weight excluding hydrogens is 201 g/mol. The van der Waals surface area contributed by atoms with Gasteiger partial charge in [-0.3, -0.25) is 4.98 Å². The number of aromatic nitrogens is 1. The number of hydrogen-bond acceptors (Lipinski definition) is 3. The first-order valence-corrected chi connectivity index (χ1v) is 5.05. The van der Waals surface area contributed by atoms with Gasteiger partial charge in [-0.15, -0.1) is 0 Å². The van der Waals surface area contributed by atoms with Crippen LogP contribution in [0.1, 0.15) is 5.56 Å². The van der Waals surface area contributed by atoms with Gasteiger partial charge in [-0.1, -0.05) is 23.8 Å². The van der Waals surface area contributed by atoms with Crippen molar-refractivity contribution < 1.29 is 10.0 Å². The molecule has 3 nitrogen and oxygen atoms in total. The summed E-state index contributed by atoms with van der Waals surface area (Å²) in [7, 11) is -1.45. The molecule has 2 rings (SSSR count). The molecule has 0 spiro atoms. The van der Waals surface area contributed by atoms with Crippen LogP contribution in [0.25, 0.3) is 11.1 Å². The van der Waals surface area contributed by atoms with Gasteiger partial charge in [0.1, 0.15) is 0 Å². The Balaban J connectivity index is 2.58. The first kappa shape index (κ1) is 10.9. The second-order valence-electron chi connectivity index (χ2n) is 3.70. The van der Waals surface area contributed by atoms with E-state index in [-0.39, 0.29) is 0 Å². The number of aryl methyl sites for hydroxylation is 1. The molecule has 0 aliphatic carbocycles. The number of rotatable bonds is 2. The summed E-state index contributed by atoms with van der Waals surface area (Å²) in [6.45, 7) is 1.97. The Labute approximate surface area is 94.6 Å². The first-order chi connectivity index (χ1) is 7.68. The third kappa shape index (κ3) is 2.13. The fourth-order valence-electron chi connectivity index (χ4n) is 1.68. The van der Waals surface area contributed by atoms with E-state index in [1.807, 2.05) is 31.2 Å². The van der Waals surface area contributed by atoms with Crippen molar-refractivity contribution in [1.82, 2.24) is 4.98 Å². The van der Waals surface area contributed by atoms with E-state index >= 15 is 0 Å². The summed E-state index contributed by atoms with van der Waals surface area (Å²) in [5, 5.41) is 18.6. The zero-order chi connectivity index (χ0) is 11.5. The van der Waals surface area contributed by atoms with E-state index in [0.29, 0.717) is 5.46 Å². The second kappa shape index (κ2) is 4.47. The highest BCUT2D eigenvalue weighted by atomic mass is 16.4. The molecule has 0 saturated heterocycles. The van der Waals surface area contributed by atoms with Gasteiger partial charge in [0.15, 0.2) is 0 Å². The normalized spacial score (nSPS) is 10.2. The molecule has 0 amide bonds. The lowest BCUT2D eigenvalue weighted by Crippen LogP contribution is -2.31. The second-order valence-corrected chi connectivity index (χ2v) is 3.70. The van der Waals surface area contributed by atoms with Gasteiger partial charge in [0.2, 0.25) is 0 Å². The summed E-state index contributed by atoms with van der Waals surface area (Å²) < 4.78 is 0. The minimum Gasteiger partial charge on any atom is -0.423 e. The summed E-state index contributed by atoms with van der Waals surface area (Å²) >= 11 is 0. The van der Waals surface area contributed by atoms with E-state index in [1.54, 1.807) is 18.5 Å². The molecule has 0 fully saturated rings. The molecule has 16 heavy (non-hydrogen) atoms. The van der Waals surface area contributed by atoms with Crippen molar-refractivity contribution in [2.75, 3.05) is 0 Å². The van der Waals surface area contributed by atoms with E-state index in [1.165, 1.54) is 0 Å². The molecule has 0 atom stereocenters. The fraction of sp³-hybridized carbons (Fsp3) is 0.0833.